The van der Waals surface area contributed by atoms with Crippen LogP contribution in [0.2, 0.25) is 0 Å². The number of fused-ring (bicyclic) bond motifs is 2. The van der Waals surface area contributed by atoms with Gasteiger partial charge in [0.15, 0.2) is 0 Å². The van der Waals surface area contributed by atoms with Crippen molar-refractivity contribution in [3.8, 4) is 0 Å². The molecular weight excluding hydrogens is 254 g/mol. The van der Waals surface area contributed by atoms with Gasteiger partial charge in [0.05, 0.1) is 13.2 Å². The molecular formula is C15H27N3O2. The van der Waals surface area contributed by atoms with Crippen LogP contribution in [0.1, 0.15) is 32.1 Å². The molecule has 3 fully saturated rings. The summed E-state index contributed by atoms with van der Waals surface area (Å²) in [5.74, 6) is 0.275. The van der Waals surface area contributed by atoms with Gasteiger partial charge in [-0.3, -0.25) is 4.79 Å². The summed E-state index contributed by atoms with van der Waals surface area (Å²) in [6.07, 6.45) is 5.83. The lowest BCUT2D eigenvalue weighted by molar-refractivity contribution is -0.135. The van der Waals surface area contributed by atoms with Crippen LogP contribution in [0.15, 0.2) is 0 Å². The van der Waals surface area contributed by atoms with Gasteiger partial charge in [0.1, 0.15) is 0 Å². The maximum atomic E-state index is 12.1. The van der Waals surface area contributed by atoms with E-state index in [4.69, 9.17) is 4.74 Å². The van der Waals surface area contributed by atoms with Gasteiger partial charge in [-0.15, -0.1) is 0 Å². The monoisotopic (exact) mass is 281 g/mol. The fraction of sp³-hybridized carbons (Fsp3) is 0.933. The number of piperidine rings is 1. The number of rotatable bonds is 4. The Labute approximate surface area is 121 Å². The van der Waals surface area contributed by atoms with Crippen molar-refractivity contribution in [3.05, 3.63) is 0 Å². The molecule has 3 aliphatic rings. The third-order valence-electron chi connectivity index (χ3n) is 5.23. The first kappa shape index (κ1) is 14.3. The molecule has 3 saturated heterocycles. The Morgan fingerprint density at radius 2 is 1.85 bits per heavy atom. The predicted octanol–water partition coefficient (Wildman–Crippen LogP) is 0.450. The van der Waals surface area contributed by atoms with Gasteiger partial charge in [-0.2, -0.15) is 0 Å². The second-order valence-corrected chi connectivity index (χ2v) is 6.42. The Bertz CT molecular complexity index is 330. The Morgan fingerprint density at radius 3 is 2.50 bits per heavy atom. The average molecular weight is 281 g/mol. The topological polar surface area (TPSA) is 44.8 Å². The molecule has 3 heterocycles. The molecule has 0 aliphatic carbocycles. The lowest BCUT2D eigenvalue weighted by Crippen LogP contribution is -2.48. The minimum atomic E-state index is 0.275. The first-order valence-electron chi connectivity index (χ1n) is 8.05. The fourth-order valence-electron chi connectivity index (χ4n) is 3.93. The maximum absolute atomic E-state index is 12.1. The molecule has 0 spiro atoms. The lowest BCUT2D eigenvalue weighted by atomic mass is 9.98. The molecule has 0 aromatic heterocycles. The first-order chi connectivity index (χ1) is 9.74. The van der Waals surface area contributed by atoms with Crippen LogP contribution in [0.4, 0.5) is 0 Å². The van der Waals surface area contributed by atoms with E-state index >= 15 is 0 Å². The van der Waals surface area contributed by atoms with Crippen molar-refractivity contribution in [1.29, 1.82) is 0 Å². The van der Waals surface area contributed by atoms with E-state index in [1.165, 1.54) is 25.7 Å². The molecule has 3 aliphatic heterocycles. The highest BCUT2D eigenvalue weighted by Crippen LogP contribution is 2.34. The van der Waals surface area contributed by atoms with E-state index in [9.17, 15) is 4.79 Å². The highest BCUT2D eigenvalue weighted by molar-refractivity contribution is 5.76. The number of hydrogen-bond donors (Lipinski definition) is 1. The lowest BCUT2D eigenvalue weighted by Gasteiger charge is -2.36. The summed E-state index contributed by atoms with van der Waals surface area (Å²) >= 11 is 0. The Balaban J connectivity index is 1.37. The minimum Gasteiger partial charge on any atom is -0.378 e. The van der Waals surface area contributed by atoms with Crippen molar-refractivity contribution >= 4 is 5.91 Å². The molecule has 0 radical (unpaired) electrons. The SMILES string of the molecule is CN1C2CCC1CC(NCCC(=O)N1CCOCC1)C2. The number of nitrogens with one attached hydrogen (secondary N) is 1. The van der Waals surface area contributed by atoms with E-state index in [-0.39, 0.29) is 5.91 Å². The van der Waals surface area contributed by atoms with Gasteiger partial charge in [0.25, 0.3) is 0 Å². The summed E-state index contributed by atoms with van der Waals surface area (Å²) in [5, 5.41) is 3.61. The predicted molar refractivity (Wildman–Crippen MR) is 77.6 cm³/mol. The molecule has 20 heavy (non-hydrogen) atoms. The number of carbonyl (C=O) groups is 1. The number of carbonyl (C=O) groups excluding carboxylic acids is 1. The van der Waals surface area contributed by atoms with Gasteiger partial charge in [-0.25, -0.2) is 0 Å². The molecule has 0 aromatic carbocycles. The van der Waals surface area contributed by atoms with Crippen molar-refractivity contribution in [2.45, 2.75) is 50.2 Å². The van der Waals surface area contributed by atoms with Crippen LogP contribution in [0, 0.1) is 0 Å². The van der Waals surface area contributed by atoms with Gasteiger partial charge < -0.3 is 19.9 Å². The van der Waals surface area contributed by atoms with Crippen molar-refractivity contribution in [2.75, 3.05) is 39.9 Å². The van der Waals surface area contributed by atoms with Gasteiger partial charge in [-0.05, 0) is 32.7 Å². The first-order valence-corrected chi connectivity index (χ1v) is 8.05. The van der Waals surface area contributed by atoms with Crippen molar-refractivity contribution < 1.29 is 9.53 Å². The van der Waals surface area contributed by atoms with Crippen LogP contribution in [0.5, 0.6) is 0 Å². The van der Waals surface area contributed by atoms with Crippen molar-refractivity contribution in [2.24, 2.45) is 0 Å². The Kier molecular flexibility index (Phi) is 4.58. The molecule has 0 saturated carbocycles. The average Bonchev–Trinajstić information content (AvgIpc) is 2.70. The summed E-state index contributed by atoms with van der Waals surface area (Å²) in [6, 6.07) is 2.14. The molecule has 1 N–H and O–H groups in total. The smallest absolute Gasteiger partial charge is 0.224 e. The summed E-state index contributed by atoms with van der Waals surface area (Å²) in [4.78, 5) is 16.5. The number of nitrogens with zero attached hydrogens (tertiary/aromatic N) is 2. The Hall–Kier alpha value is -0.650. The van der Waals surface area contributed by atoms with Crippen molar-refractivity contribution in [3.63, 3.8) is 0 Å². The van der Waals surface area contributed by atoms with Crippen LogP contribution in [0.25, 0.3) is 0 Å². The van der Waals surface area contributed by atoms with Crippen LogP contribution in [0.3, 0.4) is 0 Å². The molecule has 114 valence electrons. The summed E-state index contributed by atoms with van der Waals surface area (Å²) in [6.45, 7) is 3.73. The van der Waals surface area contributed by atoms with E-state index in [0.29, 0.717) is 25.7 Å². The summed E-state index contributed by atoms with van der Waals surface area (Å²) < 4.78 is 5.28. The maximum Gasteiger partial charge on any atom is 0.224 e. The quantitative estimate of drug-likeness (QED) is 0.813. The zero-order valence-corrected chi connectivity index (χ0v) is 12.5. The minimum absolute atomic E-state index is 0.275. The number of amides is 1. The molecule has 0 aromatic rings. The molecule has 5 nitrogen and oxygen atoms in total. The van der Waals surface area contributed by atoms with Crippen LogP contribution >= 0.6 is 0 Å². The second kappa shape index (κ2) is 6.41. The van der Waals surface area contributed by atoms with E-state index in [0.717, 1.165) is 31.7 Å². The zero-order valence-electron chi connectivity index (χ0n) is 12.5. The second-order valence-electron chi connectivity index (χ2n) is 6.42. The molecule has 2 atom stereocenters. The van der Waals surface area contributed by atoms with E-state index in [1.807, 2.05) is 4.90 Å². The van der Waals surface area contributed by atoms with E-state index < -0.39 is 0 Å². The third kappa shape index (κ3) is 3.15. The van der Waals surface area contributed by atoms with E-state index in [2.05, 4.69) is 17.3 Å². The normalized spacial score (nSPS) is 34.5. The molecule has 2 bridgehead atoms. The largest absolute Gasteiger partial charge is 0.378 e. The molecule has 2 unspecified atom stereocenters. The van der Waals surface area contributed by atoms with Crippen LogP contribution < -0.4 is 5.32 Å². The number of hydrogen-bond acceptors (Lipinski definition) is 4. The van der Waals surface area contributed by atoms with Gasteiger partial charge in [0, 0.05) is 44.2 Å². The van der Waals surface area contributed by atoms with Gasteiger partial charge >= 0.3 is 0 Å². The third-order valence-corrected chi connectivity index (χ3v) is 5.23. The van der Waals surface area contributed by atoms with Crippen molar-refractivity contribution in [1.82, 2.24) is 15.1 Å². The van der Waals surface area contributed by atoms with E-state index in [1.54, 1.807) is 0 Å². The van der Waals surface area contributed by atoms with Gasteiger partial charge in [0.2, 0.25) is 5.91 Å². The molecule has 5 heteroatoms. The molecule has 3 rings (SSSR count). The highest BCUT2D eigenvalue weighted by Gasteiger charge is 2.38. The van der Waals surface area contributed by atoms with Crippen LogP contribution in [-0.2, 0) is 9.53 Å². The zero-order chi connectivity index (χ0) is 13.9. The Morgan fingerprint density at radius 1 is 1.20 bits per heavy atom. The fourth-order valence-corrected chi connectivity index (χ4v) is 3.93. The van der Waals surface area contributed by atoms with Crippen LogP contribution in [-0.4, -0.2) is 73.7 Å². The van der Waals surface area contributed by atoms with Gasteiger partial charge in [-0.1, -0.05) is 0 Å². The standard InChI is InChI=1S/C15H27N3O2/c1-17-13-2-3-14(17)11-12(10-13)16-5-4-15(19)18-6-8-20-9-7-18/h12-14,16H,2-11H2,1H3. The summed E-state index contributed by atoms with van der Waals surface area (Å²) in [5.41, 5.74) is 0. The molecule has 1 amide bonds. The number of morpholine rings is 1. The highest BCUT2D eigenvalue weighted by atomic mass is 16.5. The number of ether oxygens (including phenoxy) is 1. The summed E-state index contributed by atoms with van der Waals surface area (Å²) in [7, 11) is 2.26.